The minimum Gasteiger partial charge on any atom is -0.207 e. The van der Waals surface area contributed by atoms with Gasteiger partial charge in [-0.1, -0.05) is 30.1 Å². The number of thiophene rings is 1. The third kappa shape index (κ3) is 3.34. The van der Waals surface area contributed by atoms with Crippen LogP contribution in [-0.2, 0) is 10.0 Å². The van der Waals surface area contributed by atoms with Crippen LogP contribution in [0.15, 0.2) is 11.0 Å². The van der Waals surface area contributed by atoms with E-state index in [1.54, 1.807) is 0 Å². The standard InChI is InChI=1S/C9H13Cl2NO2S2/c1-4-9(2,3)12-16(13,14)6-5-7(10)15-8(6)11/h5,12H,4H2,1-3H3. The van der Waals surface area contributed by atoms with Crippen LogP contribution in [0, 0.1) is 0 Å². The van der Waals surface area contributed by atoms with Gasteiger partial charge in [0.1, 0.15) is 9.23 Å². The Morgan fingerprint density at radius 1 is 1.44 bits per heavy atom. The zero-order chi connectivity index (χ0) is 12.6. The number of rotatable bonds is 4. The first-order valence-electron chi connectivity index (χ1n) is 4.67. The lowest BCUT2D eigenvalue weighted by Crippen LogP contribution is -2.42. The number of halogens is 2. The molecule has 0 bridgehead atoms. The maximum Gasteiger partial charge on any atom is 0.243 e. The second kappa shape index (κ2) is 4.82. The zero-order valence-electron chi connectivity index (χ0n) is 9.17. The lowest BCUT2D eigenvalue weighted by molar-refractivity contribution is 0.439. The first-order valence-corrected chi connectivity index (χ1v) is 7.72. The summed E-state index contributed by atoms with van der Waals surface area (Å²) < 4.78 is 27.1. The van der Waals surface area contributed by atoms with Gasteiger partial charge in [-0.2, -0.15) is 0 Å². The highest BCUT2D eigenvalue weighted by Gasteiger charge is 2.27. The summed E-state index contributed by atoms with van der Waals surface area (Å²) >= 11 is 12.6. The summed E-state index contributed by atoms with van der Waals surface area (Å²) in [5, 5.41) is 0. The van der Waals surface area contributed by atoms with Gasteiger partial charge >= 0.3 is 0 Å². The summed E-state index contributed by atoms with van der Waals surface area (Å²) in [5.74, 6) is 0. The predicted molar refractivity (Wildman–Crippen MR) is 69.0 cm³/mol. The number of sulfonamides is 1. The van der Waals surface area contributed by atoms with Crippen LogP contribution in [0.25, 0.3) is 0 Å². The Morgan fingerprint density at radius 2 is 2.00 bits per heavy atom. The molecule has 3 nitrogen and oxygen atoms in total. The van der Waals surface area contributed by atoms with E-state index in [0.717, 1.165) is 11.3 Å². The molecule has 1 N–H and O–H groups in total. The molecule has 0 radical (unpaired) electrons. The average molecular weight is 302 g/mol. The molecule has 7 heteroatoms. The molecule has 1 aromatic rings. The quantitative estimate of drug-likeness (QED) is 0.925. The molecule has 0 aliphatic carbocycles. The molecule has 0 aliphatic heterocycles. The molecule has 92 valence electrons. The van der Waals surface area contributed by atoms with Gasteiger partial charge in [-0.05, 0) is 26.3 Å². The van der Waals surface area contributed by atoms with Crippen molar-refractivity contribution in [3.63, 3.8) is 0 Å². The molecule has 0 saturated heterocycles. The lowest BCUT2D eigenvalue weighted by Gasteiger charge is -2.23. The molecule has 0 fully saturated rings. The molecule has 0 saturated carbocycles. The summed E-state index contributed by atoms with van der Waals surface area (Å²) in [5.41, 5.74) is -0.503. The average Bonchev–Trinajstić information content (AvgIpc) is 2.44. The Bertz CT molecular complexity index is 480. The zero-order valence-corrected chi connectivity index (χ0v) is 12.3. The smallest absolute Gasteiger partial charge is 0.207 e. The van der Waals surface area contributed by atoms with E-state index >= 15 is 0 Å². The third-order valence-electron chi connectivity index (χ3n) is 2.21. The van der Waals surface area contributed by atoms with E-state index < -0.39 is 15.6 Å². The maximum atomic E-state index is 12.0. The van der Waals surface area contributed by atoms with Crippen molar-refractivity contribution in [2.24, 2.45) is 0 Å². The summed E-state index contributed by atoms with van der Waals surface area (Å²) in [6, 6.07) is 1.36. The van der Waals surface area contributed by atoms with Gasteiger partial charge in [-0.25, -0.2) is 13.1 Å². The third-order valence-corrected chi connectivity index (χ3v) is 5.66. The molecule has 0 aliphatic rings. The van der Waals surface area contributed by atoms with Crippen LogP contribution < -0.4 is 4.72 Å². The monoisotopic (exact) mass is 301 g/mol. The van der Waals surface area contributed by atoms with Crippen LogP contribution in [0.1, 0.15) is 27.2 Å². The van der Waals surface area contributed by atoms with E-state index in [0.29, 0.717) is 10.8 Å². The highest BCUT2D eigenvalue weighted by atomic mass is 35.5. The van der Waals surface area contributed by atoms with E-state index in [2.05, 4.69) is 4.72 Å². The first-order chi connectivity index (χ1) is 7.18. The van der Waals surface area contributed by atoms with E-state index in [-0.39, 0.29) is 9.23 Å². The van der Waals surface area contributed by atoms with Crippen molar-refractivity contribution in [3.05, 3.63) is 14.7 Å². The van der Waals surface area contributed by atoms with Crippen LogP contribution >= 0.6 is 34.5 Å². The van der Waals surface area contributed by atoms with E-state index in [1.165, 1.54) is 6.07 Å². The highest BCUT2D eigenvalue weighted by molar-refractivity contribution is 7.89. The number of nitrogens with one attached hydrogen (secondary N) is 1. The van der Waals surface area contributed by atoms with Gasteiger partial charge in [-0.3, -0.25) is 0 Å². The van der Waals surface area contributed by atoms with Gasteiger partial charge in [-0.15, -0.1) is 11.3 Å². The van der Waals surface area contributed by atoms with Crippen LogP contribution in [0.4, 0.5) is 0 Å². The van der Waals surface area contributed by atoms with Gasteiger partial charge in [0.2, 0.25) is 10.0 Å². The Labute approximate surface area is 110 Å². The summed E-state index contributed by atoms with van der Waals surface area (Å²) in [4.78, 5) is 0.0469. The van der Waals surface area contributed by atoms with Gasteiger partial charge in [0.25, 0.3) is 0 Å². The molecule has 1 heterocycles. The van der Waals surface area contributed by atoms with Crippen molar-refractivity contribution < 1.29 is 8.42 Å². The SMILES string of the molecule is CCC(C)(C)NS(=O)(=O)c1cc(Cl)sc1Cl. The summed E-state index contributed by atoms with van der Waals surface area (Å²) in [6.07, 6.45) is 0.682. The normalized spacial score (nSPS) is 13.1. The van der Waals surface area contributed by atoms with Crippen molar-refractivity contribution >= 4 is 44.6 Å². The predicted octanol–water partition coefficient (Wildman–Crippen LogP) is 3.52. The van der Waals surface area contributed by atoms with Gasteiger partial charge in [0.05, 0.1) is 4.34 Å². The second-order valence-electron chi connectivity index (χ2n) is 4.03. The van der Waals surface area contributed by atoms with Gasteiger partial charge in [0.15, 0.2) is 0 Å². The van der Waals surface area contributed by atoms with Gasteiger partial charge in [0, 0.05) is 5.54 Å². The molecule has 0 spiro atoms. The fourth-order valence-electron chi connectivity index (χ4n) is 0.999. The molecular formula is C9H13Cl2NO2S2. The Balaban J connectivity index is 3.09. The minimum atomic E-state index is -3.60. The van der Waals surface area contributed by atoms with Gasteiger partial charge < -0.3 is 0 Å². The van der Waals surface area contributed by atoms with Crippen LogP contribution in [0.5, 0.6) is 0 Å². The van der Waals surface area contributed by atoms with Crippen molar-refractivity contribution in [1.29, 1.82) is 0 Å². The fourth-order valence-corrected chi connectivity index (χ4v) is 4.63. The van der Waals surface area contributed by atoms with Crippen LogP contribution in [-0.4, -0.2) is 14.0 Å². The Morgan fingerprint density at radius 3 is 2.38 bits per heavy atom. The van der Waals surface area contributed by atoms with Crippen molar-refractivity contribution in [3.8, 4) is 0 Å². The van der Waals surface area contributed by atoms with Crippen molar-refractivity contribution in [1.82, 2.24) is 4.72 Å². The number of hydrogen-bond acceptors (Lipinski definition) is 3. The molecule has 0 unspecified atom stereocenters. The largest absolute Gasteiger partial charge is 0.243 e. The van der Waals surface area contributed by atoms with E-state index in [9.17, 15) is 8.42 Å². The summed E-state index contributed by atoms with van der Waals surface area (Å²) in [7, 11) is -3.60. The molecule has 0 amide bonds. The lowest BCUT2D eigenvalue weighted by atomic mass is 10.0. The Hall–Kier alpha value is 0.190. The topological polar surface area (TPSA) is 46.2 Å². The summed E-state index contributed by atoms with van der Waals surface area (Å²) in [6.45, 7) is 5.53. The van der Waals surface area contributed by atoms with E-state index in [1.807, 2.05) is 20.8 Å². The number of hydrogen-bond donors (Lipinski definition) is 1. The molecule has 16 heavy (non-hydrogen) atoms. The van der Waals surface area contributed by atoms with Crippen molar-refractivity contribution in [2.75, 3.05) is 0 Å². The molecular weight excluding hydrogens is 289 g/mol. The molecule has 1 aromatic heterocycles. The highest BCUT2D eigenvalue weighted by Crippen LogP contribution is 2.34. The maximum absolute atomic E-state index is 12.0. The molecule has 0 atom stereocenters. The molecule has 1 rings (SSSR count). The second-order valence-corrected chi connectivity index (χ2v) is 7.97. The first kappa shape index (κ1) is 14.3. The van der Waals surface area contributed by atoms with Crippen molar-refractivity contribution in [2.45, 2.75) is 37.6 Å². The van der Waals surface area contributed by atoms with Crippen LogP contribution in [0.2, 0.25) is 8.67 Å². The fraction of sp³-hybridized carbons (Fsp3) is 0.556. The Kier molecular flexibility index (Phi) is 4.29. The van der Waals surface area contributed by atoms with E-state index in [4.69, 9.17) is 23.2 Å². The molecule has 0 aromatic carbocycles. The minimum absolute atomic E-state index is 0.0469. The van der Waals surface area contributed by atoms with Crippen LogP contribution in [0.3, 0.4) is 0 Å².